The number of hydrogen-bond donors (Lipinski definition) is 0. The van der Waals surface area contributed by atoms with Gasteiger partial charge in [-0.1, -0.05) is 42.0 Å². The smallest absolute Gasteiger partial charge is 0.234 e. The molecule has 1 aromatic rings. The van der Waals surface area contributed by atoms with Crippen molar-refractivity contribution in [2.45, 2.75) is 19.9 Å². The highest BCUT2D eigenvalue weighted by atomic mass is 16.2. The fourth-order valence-electron chi connectivity index (χ4n) is 4.00. The normalized spacial score (nSPS) is 34.1. The molecule has 3 heteroatoms. The molecule has 1 saturated carbocycles. The molecule has 3 aliphatic rings. The predicted molar refractivity (Wildman–Crippen MR) is 74.5 cm³/mol. The number of benzene rings is 1. The second-order valence-electron chi connectivity index (χ2n) is 6.25. The van der Waals surface area contributed by atoms with E-state index in [-0.39, 0.29) is 23.7 Å². The third-order valence-corrected chi connectivity index (χ3v) is 5.02. The van der Waals surface area contributed by atoms with Crippen molar-refractivity contribution in [3.05, 3.63) is 47.5 Å². The third kappa shape index (κ3) is 1.52. The lowest BCUT2D eigenvalue weighted by atomic mass is 9.85. The Labute approximate surface area is 118 Å². The summed E-state index contributed by atoms with van der Waals surface area (Å²) in [6, 6.07) is 8.03. The van der Waals surface area contributed by atoms with E-state index in [0.29, 0.717) is 18.4 Å². The summed E-state index contributed by atoms with van der Waals surface area (Å²) in [6.07, 6.45) is 5.25. The Bertz CT molecular complexity index is 586. The minimum atomic E-state index is -0.0806. The van der Waals surface area contributed by atoms with Crippen LogP contribution in [0.2, 0.25) is 0 Å². The Morgan fingerprint density at radius 1 is 1.00 bits per heavy atom. The highest BCUT2D eigenvalue weighted by Gasteiger charge is 2.59. The topological polar surface area (TPSA) is 37.4 Å². The Balaban J connectivity index is 1.60. The maximum atomic E-state index is 12.5. The molecular formula is C17H17NO2. The third-order valence-electron chi connectivity index (χ3n) is 5.02. The van der Waals surface area contributed by atoms with Gasteiger partial charge >= 0.3 is 0 Å². The summed E-state index contributed by atoms with van der Waals surface area (Å²) >= 11 is 0. The van der Waals surface area contributed by atoms with Gasteiger partial charge in [0.05, 0.1) is 18.4 Å². The Kier molecular flexibility index (Phi) is 2.40. The standard InChI is InChI=1S/C17H17NO2/c1-10-2-4-11(5-3-10)9-18-16(19)14-12-6-7-13(8-12)15(14)17(18)20/h2-7,12-15H,8-9H2,1H3. The summed E-state index contributed by atoms with van der Waals surface area (Å²) in [5, 5.41) is 0. The van der Waals surface area contributed by atoms with Gasteiger partial charge in [0, 0.05) is 0 Å². The van der Waals surface area contributed by atoms with Crippen molar-refractivity contribution in [3.63, 3.8) is 0 Å². The van der Waals surface area contributed by atoms with Crippen LogP contribution in [-0.2, 0) is 16.1 Å². The minimum absolute atomic E-state index is 0.0393. The van der Waals surface area contributed by atoms with E-state index in [4.69, 9.17) is 0 Å². The second kappa shape index (κ2) is 4.05. The summed E-state index contributed by atoms with van der Waals surface area (Å²) in [4.78, 5) is 26.5. The Morgan fingerprint density at radius 2 is 1.55 bits per heavy atom. The molecule has 0 spiro atoms. The first-order valence-electron chi connectivity index (χ1n) is 7.24. The van der Waals surface area contributed by atoms with E-state index in [1.165, 1.54) is 10.5 Å². The van der Waals surface area contributed by atoms with Gasteiger partial charge in [0.1, 0.15) is 0 Å². The van der Waals surface area contributed by atoms with Gasteiger partial charge in [-0.05, 0) is 30.7 Å². The lowest BCUT2D eigenvalue weighted by Gasteiger charge is -2.17. The number of allylic oxidation sites excluding steroid dienone is 2. The molecule has 3 nitrogen and oxygen atoms in total. The highest BCUT2D eigenvalue weighted by Crippen LogP contribution is 2.52. The lowest BCUT2D eigenvalue weighted by molar-refractivity contribution is -0.141. The van der Waals surface area contributed by atoms with Crippen LogP contribution in [0.3, 0.4) is 0 Å². The van der Waals surface area contributed by atoms with Gasteiger partial charge < -0.3 is 0 Å². The van der Waals surface area contributed by atoms with E-state index in [1.54, 1.807) is 0 Å². The van der Waals surface area contributed by atoms with Crippen molar-refractivity contribution in [2.24, 2.45) is 23.7 Å². The number of likely N-dealkylation sites (tertiary alicyclic amines) is 1. The summed E-state index contributed by atoms with van der Waals surface area (Å²) in [6.45, 7) is 2.45. The molecule has 4 atom stereocenters. The number of nitrogens with zero attached hydrogens (tertiary/aromatic N) is 1. The van der Waals surface area contributed by atoms with Gasteiger partial charge in [-0.2, -0.15) is 0 Å². The van der Waals surface area contributed by atoms with E-state index in [0.717, 1.165) is 12.0 Å². The van der Waals surface area contributed by atoms with Gasteiger partial charge in [-0.15, -0.1) is 0 Å². The van der Waals surface area contributed by atoms with Crippen molar-refractivity contribution >= 4 is 11.8 Å². The van der Waals surface area contributed by atoms with E-state index < -0.39 is 0 Å². The van der Waals surface area contributed by atoms with Crippen LogP contribution < -0.4 is 0 Å². The predicted octanol–water partition coefficient (Wildman–Crippen LogP) is 2.30. The zero-order chi connectivity index (χ0) is 13.9. The van der Waals surface area contributed by atoms with Crippen molar-refractivity contribution in [3.8, 4) is 0 Å². The number of rotatable bonds is 2. The molecule has 20 heavy (non-hydrogen) atoms. The molecule has 1 heterocycles. The largest absolute Gasteiger partial charge is 0.278 e. The van der Waals surface area contributed by atoms with Crippen LogP contribution in [0.1, 0.15) is 17.5 Å². The quantitative estimate of drug-likeness (QED) is 0.609. The van der Waals surface area contributed by atoms with Crippen LogP contribution in [-0.4, -0.2) is 16.7 Å². The van der Waals surface area contributed by atoms with Crippen molar-refractivity contribution in [1.29, 1.82) is 0 Å². The summed E-state index contributed by atoms with van der Waals surface area (Å²) in [5.41, 5.74) is 2.21. The molecule has 2 amide bonds. The van der Waals surface area contributed by atoms with Gasteiger partial charge in [0.2, 0.25) is 11.8 Å². The number of carbonyl (C=O) groups excluding carboxylic acids is 2. The number of hydrogen-bond acceptors (Lipinski definition) is 2. The van der Waals surface area contributed by atoms with E-state index in [2.05, 4.69) is 12.2 Å². The lowest BCUT2D eigenvalue weighted by Crippen LogP contribution is -2.32. The first-order chi connectivity index (χ1) is 9.65. The number of carbonyl (C=O) groups is 2. The minimum Gasteiger partial charge on any atom is -0.278 e. The van der Waals surface area contributed by atoms with Crippen molar-refractivity contribution in [2.75, 3.05) is 0 Å². The van der Waals surface area contributed by atoms with E-state index >= 15 is 0 Å². The number of imide groups is 1. The number of amides is 2. The molecule has 0 aromatic heterocycles. The molecule has 2 bridgehead atoms. The highest BCUT2D eigenvalue weighted by molar-refractivity contribution is 6.06. The zero-order valence-corrected chi connectivity index (χ0v) is 11.5. The van der Waals surface area contributed by atoms with Crippen LogP contribution in [0, 0.1) is 30.6 Å². The molecule has 2 fully saturated rings. The molecule has 4 unspecified atom stereocenters. The molecule has 1 aliphatic heterocycles. The summed E-state index contributed by atoms with van der Waals surface area (Å²) < 4.78 is 0. The Hall–Kier alpha value is -1.90. The molecule has 1 saturated heterocycles. The van der Waals surface area contributed by atoms with Crippen molar-refractivity contribution in [1.82, 2.24) is 4.90 Å². The molecular weight excluding hydrogens is 250 g/mol. The van der Waals surface area contributed by atoms with Crippen LogP contribution in [0.25, 0.3) is 0 Å². The maximum Gasteiger partial charge on any atom is 0.234 e. The van der Waals surface area contributed by atoms with Crippen LogP contribution in [0.5, 0.6) is 0 Å². The first-order valence-corrected chi connectivity index (χ1v) is 7.24. The second-order valence-corrected chi connectivity index (χ2v) is 6.25. The first kappa shape index (κ1) is 11.9. The van der Waals surface area contributed by atoms with Gasteiger partial charge in [-0.3, -0.25) is 14.5 Å². The molecule has 0 N–H and O–H groups in total. The molecule has 0 radical (unpaired) electrons. The van der Waals surface area contributed by atoms with E-state index in [9.17, 15) is 9.59 Å². The number of fused-ring (bicyclic) bond motifs is 5. The average molecular weight is 267 g/mol. The SMILES string of the molecule is Cc1ccc(CN2C(=O)C3C4C=CC(C4)C3C2=O)cc1. The fourth-order valence-corrected chi connectivity index (χ4v) is 4.00. The molecule has 1 aromatic carbocycles. The van der Waals surface area contributed by atoms with Gasteiger partial charge in [-0.25, -0.2) is 0 Å². The van der Waals surface area contributed by atoms with Gasteiger partial charge in [0.15, 0.2) is 0 Å². The summed E-state index contributed by atoms with van der Waals surface area (Å²) in [5.74, 6) is 0.509. The van der Waals surface area contributed by atoms with Crippen LogP contribution in [0.15, 0.2) is 36.4 Å². The van der Waals surface area contributed by atoms with Gasteiger partial charge in [0.25, 0.3) is 0 Å². The monoisotopic (exact) mass is 267 g/mol. The van der Waals surface area contributed by atoms with Crippen LogP contribution in [0.4, 0.5) is 0 Å². The van der Waals surface area contributed by atoms with E-state index in [1.807, 2.05) is 31.2 Å². The summed E-state index contributed by atoms with van der Waals surface area (Å²) in [7, 11) is 0. The Morgan fingerprint density at radius 3 is 2.10 bits per heavy atom. The van der Waals surface area contributed by atoms with Crippen molar-refractivity contribution < 1.29 is 9.59 Å². The fraction of sp³-hybridized carbons (Fsp3) is 0.412. The molecule has 102 valence electrons. The number of aryl methyl sites for hydroxylation is 1. The maximum absolute atomic E-state index is 12.5. The molecule has 2 aliphatic carbocycles. The zero-order valence-electron chi connectivity index (χ0n) is 11.5. The van der Waals surface area contributed by atoms with Crippen LogP contribution >= 0.6 is 0 Å². The molecule has 4 rings (SSSR count). The average Bonchev–Trinajstić information content (AvgIpc) is 3.11.